The molecule has 0 spiro atoms. The summed E-state index contributed by atoms with van der Waals surface area (Å²) in [6, 6.07) is 7.23. The lowest BCUT2D eigenvalue weighted by Gasteiger charge is -2.16. The molecular formula is C22H22N4O5S. The first-order valence-electron chi connectivity index (χ1n) is 9.29. The van der Waals surface area contributed by atoms with Gasteiger partial charge in [0, 0.05) is 35.3 Å². The molecule has 1 amide bonds. The second-order valence-electron chi connectivity index (χ2n) is 6.92. The van der Waals surface area contributed by atoms with Crippen molar-refractivity contribution in [2.24, 2.45) is 4.99 Å². The highest BCUT2D eigenvalue weighted by Gasteiger charge is 2.26. The van der Waals surface area contributed by atoms with Gasteiger partial charge in [-0.15, -0.1) is 0 Å². The van der Waals surface area contributed by atoms with Crippen molar-refractivity contribution in [2.45, 2.75) is 30.6 Å². The Morgan fingerprint density at radius 2 is 1.84 bits per heavy atom. The van der Waals surface area contributed by atoms with Crippen LogP contribution in [0.4, 0.5) is 11.4 Å². The number of aliphatic imine (C=N–C) groups is 1. The van der Waals surface area contributed by atoms with Crippen LogP contribution in [0.5, 0.6) is 0 Å². The Balaban J connectivity index is 2.69. The summed E-state index contributed by atoms with van der Waals surface area (Å²) in [6.07, 6.45) is 3.45. The standard InChI is InChI=1S/C22H22N4O5S/c1-14(2)24-10-9-15(3)22(23)19-11-16(4)20(25-13-27)12-21(19)32(30,31)18-7-5-17(6-8-18)26(28)29/h5-13,23H,1H2,2-4H3,(H,25,27)/b15-9+,23-22?,24-10-. The predicted octanol–water partition coefficient (Wildman–Crippen LogP) is 4.22. The zero-order valence-corrected chi connectivity index (χ0v) is 18.6. The van der Waals surface area contributed by atoms with Crippen molar-refractivity contribution >= 4 is 39.5 Å². The minimum Gasteiger partial charge on any atom is -0.328 e. The fraction of sp³-hybridized carbons (Fsp3) is 0.136. The van der Waals surface area contributed by atoms with Gasteiger partial charge in [0.15, 0.2) is 0 Å². The van der Waals surface area contributed by atoms with Gasteiger partial charge in [0.05, 0.1) is 20.4 Å². The Hall–Kier alpha value is -3.92. The maximum Gasteiger partial charge on any atom is 0.269 e. The highest BCUT2D eigenvalue weighted by atomic mass is 32.2. The topological polar surface area (TPSA) is 143 Å². The molecule has 0 fully saturated rings. The number of nitrogens with one attached hydrogen (secondary N) is 2. The quantitative estimate of drug-likeness (QED) is 0.252. The molecule has 166 valence electrons. The lowest BCUT2D eigenvalue weighted by atomic mass is 10.0. The molecule has 0 bridgehead atoms. The van der Waals surface area contributed by atoms with E-state index in [-0.39, 0.29) is 32.4 Å². The predicted molar refractivity (Wildman–Crippen MR) is 123 cm³/mol. The smallest absolute Gasteiger partial charge is 0.269 e. The molecule has 0 unspecified atom stereocenters. The first-order valence-corrected chi connectivity index (χ1v) is 10.8. The third-order valence-electron chi connectivity index (χ3n) is 4.47. The van der Waals surface area contributed by atoms with Crippen molar-refractivity contribution in [3.8, 4) is 0 Å². The summed E-state index contributed by atoms with van der Waals surface area (Å²) in [5.41, 5.74) is 1.66. The van der Waals surface area contributed by atoms with Gasteiger partial charge in [-0.3, -0.25) is 25.3 Å². The number of carbonyl (C=O) groups is 1. The fourth-order valence-corrected chi connectivity index (χ4v) is 4.24. The molecule has 9 nitrogen and oxygen atoms in total. The number of nitro groups is 1. The zero-order chi connectivity index (χ0) is 24.1. The summed E-state index contributed by atoms with van der Waals surface area (Å²) in [4.78, 5) is 24.9. The van der Waals surface area contributed by atoms with E-state index in [1.807, 2.05) is 0 Å². The molecule has 32 heavy (non-hydrogen) atoms. The highest BCUT2D eigenvalue weighted by Crippen LogP contribution is 2.31. The van der Waals surface area contributed by atoms with Crippen molar-refractivity contribution in [3.05, 3.63) is 81.6 Å². The lowest BCUT2D eigenvalue weighted by Crippen LogP contribution is -2.13. The summed E-state index contributed by atoms with van der Waals surface area (Å²) < 4.78 is 26.8. The average Bonchev–Trinajstić information content (AvgIpc) is 2.74. The first-order chi connectivity index (χ1) is 15.0. The zero-order valence-electron chi connectivity index (χ0n) is 17.7. The van der Waals surface area contributed by atoms with Crippen LogP contribution >= 0.6 is 0 Å². The van der Waals surface area contributed by atoms with Crippen molar-refractivity contribution in [1.29, 1.82) is 5.41 Å². The normalized spacial score (nSPS) is 11.9. The molecule has 0 radical (unpaired) electrons. The number of benzene rings is 2. The Labute approximate surface area is 185 Å². The third-order valence-corrected chi connectivity index (χ3v) is 6.28. The van der Waals surface area contributed by atoms with Crippen molar-refractivity contribution < 1.29 is 18.1 Å². The van der Waals surface area contributed by atoms with E-state index < -0.39 is 14.8 Å². The lowest BCUT2D eigenvalue weighted by molar-refractivity contribution is -0.384. The molecule has 0 heterocycles. The van der Waals surface area contributed by atoms with E-state index in [4.69, 9.17) is 5.41 Å². The van der Waals surface area contributed by atoms with Crippen LogP contribution in [0.15, 0.2) is 75.1 Å². The number of allylic oxidation sites excluding steroid dienone is 3. The fourth-order valence-electron chi connectivity index (χ4n) is 2.77. The van der Waals surface area contributed by atoms with Gasteiger partial charge in [0.25, 0.3) is 5.69 Å². The average molecular weight is 455 g/mol. The van der Waals surface area contributed by atoms with E-state index in [1.54, 1.807) is 26.8 Å². The van der Waals surface area contributed by atoms with Crippen LogP contribution in [0, 0.1) is 22.4 Å². The maximum absolute atomic E-state index is 13.4. The van der Waals surface area contributed by atoms with Crippen LogP contribution in [-0.4, -0.2) is 31.7 Å². The molecule has 0 aliphatic carbocycles. The summed E-state index contributed by atoms with van der Waals surface area (Å²) >= 11 is 0. The van der Waals surface area contributed by atoms with Gasteiger partial charge < -0.3 is 5.32 Å². The van der Waals surface area contributed by atoms with Crippen molar-refractivity contribution in [2.75, 3.05) is 5.32 Å². The monoisotopic (exact) mass is 454 g/mol. The maximum atomic E-state index is 13.4. The summed E-state index contributed by atoms with van der Waals surface area (Å²) in [5, 5.41) is 21.9. The molecule has 2 aromatic rings. The molecule has 10 heteroatoms. The molecular weight excluding hydrogens is 432 g/mol. The van der Waals surface area contributed by atoms with Gasteiger partial charge in [0.1, 0.15) is 0 Å². The van der Waals surface area contributed by atoms with Crippen molar-refractivity contribution in [3.63, 3.8) is 0 Å². The second kappa shape index (κ2) is 9.92. The molecule has 0 aliphatic rings. The molecule has 0 saturated carbocycles. The van der Waals surface area contributed by atoms with Crippen LogP contribution in [-0.2, 0) is 14.6 Å². The van der Waals surface area contributed by atoms with E-state index in [0.29, 0.717) is 23.2 Å². The number of hydrogen-bond acceptors (Lipinski definition) is 7. The van der Waals surface area contributed by atoms with E-state index >= 15 is 0 Å². The van der Waals surface area contributed by atoms with Gasteiger partial charge >= 0.3 is 0 Å². The van der Waals surface area contributed by atoms with Crippen LogP contribution in [0.3, 0.4) is 0 Å². The van der Waals surface area contributed by atoms with Crippen LogP contribution in [0.2, 0.25) is 0 Å². The highest BCUT2D eigenvalue weighted by molar-refractivity contribution is 7.91. The van der Waals surface area contributed by atoms with Gasteiger partial charge in [-0.25, -0.2) is 8.42 Å². The van der Waals surface area contributed by atoms with Crippen LogP contribution in [0.1, 0.15) is 25.0 Å². The van der Waals surface area contributed by atoms with Gasteiger partial charge in [-0.1, -0.05) is 6.58 Å². The summed E-state index contributed by atoms with van der Waals surface area (Å²) in [7, 11) is -4.18. The number of hydrogen-bond donors (Lipinski definition) is 2. The van der Waals surface area contributed by atoms with E-state index in [0.717, 1.165) is 24.3 Å². The molecule has 0 aliphatic heterocycles. The molecule has 0 atom stereocenters. The SMILES string of the molecule is C=C(C)/N=C\C=C(/C)C(=N)c1cc(C)c(NC=O)cc1S(=O)(=O)c1ccc([N+](=O)[O-])cc1. The Morgan fingerprint density at radius 1 is 1.22 bits per heavy atom. The number of non-ortho nitro benzene ring substituents is 1. The first kappa shape index (κ1) is 24.4. The largest absolute Gasteiger partial charge is 0.328 e. The summed E-state index contributed by atoms with van der Waals surface area (Å²) in [5.74, 6) is 0. The van der Waals surface area contributed by atoms with E-state index in [2.05, 4.69) is 16.9 Å². The molecule has 0 saturated heterocycles. The number of rotatable bonds is 9. The molecule has 0 aromatic heterocycles. The molecule has 2 rings (SSSR count). The number of amides is 1. The summed E-state index contributed by atoms with van der Waals surface area (Å²) in [6.45, 7) is 8.68. The van der Waals surface area contributed by atoms with Gasteiger partial charge in [0.2, 0.25) is 16.2 Å². The van der Waals surface area contributed by atoms with Gasteiger partial charge in [-0.05, 0) is 62.2 Å². The minimum atomic E-state index is -4.18. The Bertz CT molecular complexity index is 1260. The Kier molecular flexibility index (Phi) is 7.55. The molecule has 2 aromatic carbocycles. The molecule has 2 N–H and O–H groups in total. The van der Waals surface area contributed by atoms with E-state index in [1.165, 1.54) is 18.3 Å². The van der Waals surface area contributed by atoms with Gasteiger partial charge in [-0.2, -0.15) is 0 Å². The number of carbonyl (C=O) groups excluding carboxylic acids is 1. The van der Waals surface area contributed by atoms with E-state index in [9.17, 15) is 23.3 Å². The Morgan fingerprint density at radius 3 is 2.38 bits per heavy atom. The minimum absolute atomic E-state index is 0.0561. The number of sulfone groups is 1. The number of aryl methyl sites for hydroxylation is 1. The number of anilines is 1. The number of nitro benzene ring substituents is 1. The number of nitrogens with zero attached hydrogens (tertiary/aromatic N) is 2. The van der Waals surface area contributed by atoms with Crippen LogP contribution in [0.25, 0.3) is 0 Å². The van der Waals surface area contributed by atoms with Crippen LogP contribution < -0.4 is 5.32 Å². The van der Waals surface area contributed by atoms with Crippen molar-refractivity contribution in [1.82, 2.24) is 0 Å². The second-order valence-corrected chi connectivity index (χ2v) is 8.84. The third kappa shape index (κ3) is 5.41.